The molecule has 0 bridgehead atoms. The second-order valence-electron chi connectivity index (χ2n) is 6.55. The van der Waals surface area contributed by atoms with Gasteiger partial charge >= 0.3 is 6.18 Å². The highest BCUT2D eigenvalue weighted by Crippen LogP contribution is 2.22. The van der Waals surface area contributed by atoms with Gasteiger partial charge in [0.2, 0.25) is 0 Å². The molecule has 0 amide bonds. The number of halogens is 3. The maximum Gasteiger partial charge on any atom is 0.429 e. The number of nitrogens with zero attached hydrogens (tertiary/aromatic N) is 1. The first-order chi connectivity index (χ1) is 13.3. The van der Waals surface area contributed by atoms with E-state index in [1.807, 2.05) is 12.2 Å². The van der Waals surface area contributed by atoms with Crippen molar-refractivity contribution in [2.24, 2.45) is 0 Å². The highest BCUT2D eigenvalue weighted by atomic mass is 32.1. The molecule has 0 aliphatic heterocycles. The molecule has 0 fully saturated rings. The summed E-state index contributed by atoms with van der Waals surface area (Å²) in [7, 11) is 0. The number of hydrogen-bond donors (Lipinski definition) is 2. The van der Waals surface area contributed by atoms with E-state index in [1.165, 1.54) is 36.8 Å². The Labute approximate surface area is 167 Å². The number of rotatable bonds is 10. The van der Waals surface area contributed by atoms with Crippen LogP contribution >= 0.6 is 11.3 Å². The molecule has 2 aromatic heterocycles. The first-order valence-corrected chi connectivity index (χ1v) is 10.1. The minimum Gasteiger partial charge on any atom is -0.303 e. The number of aromatic nitrogens is 1. The summed E-state index contributed by atoms with van der Waals surface area (Å²) >= 11 is 1.73. The fourth-order valence-electron chi connectivity index (χ4n) is 2.61. The molecule has 0 saturated heterocycles. The Bertz CT molecular complexity index is 837. The maximum absolute atomic E-state index is 12.5. The molecule has 0 spiro atoms. The normalized spacial score (nSPS) is 11.9. The fourth-order valence-corrected chi connectivity index (χ4v) is 3.56. The largest absolute Gasteiger partial charge is 0.429 e. The van der Waals surface area contributed by atoms with Crippen LogP contribution in [0.25, 0.3) is 12.2 Å². The lowest BCUT2D eigenvalue weighted by atomic mass is 10.1. The van der Waals surface area contributed by atoms with Gasteiger partial charge < -0.3 is 10.8 Å². The third kappa shape index (κ3) is 7.03. The second kappa shape index (κ2) is 10.3. The molecule has 0 aromatic carbocycles. The van der Waals surface area contributed by atoms with Gasteiger partial charge in [-0.15, -0.1) is 11.3 Å². The van der Waals surface area contributed by atoms with Crippen molar-refractivity contribution in [3.8, 4) is 0 Å². The Morgan fingerprint density at radius 2 is 1.89 bits per heavy atom. The molecule has 2 N–H and O–H groups in total. The minimum absolute atomic E-state index is 0.152. The SMILES string of the molecule is CCCCCCc1ccc(/C=C/c2ccnc(C(=N)CC(=N)C(F)(F)F)c2)s1. The first kappa shape index (κ1) is 22.0. The summed E-state index contributed by atoms with van der Waals surface area (Å²) in [5, 5.41) is 14.8. The number of hydrogen-bond acceptors (Lipinski definition) is 4. The van der Waals surface area contributed by atoms with Crippen molar-refractivity contribution in [1.82, 2.24) is 4.98 Å². The van der Waals surface area contributed by atoms with E-state index in [9.17, 15) is 13.2 Å². The Kier molecular flexibility index (Phi) is 8.11. The third-order valence-electron chi connectivity index (χ3n) is 4.19. The minimum atomic E-state index is -4.71. The summed E-state index contributed by atoms with van der Waals surface area (Å²) in [6, 6.07) is 7.50. The molecule has 0 unspecified atom stereocenters. The number of alkyl halides is 3. The van der Waals surface area contributed by atoms with Crippen LogP contribution in [0.1, 0.15) is 60.0 Å². The Balaban J connectivity index is 1.98. The highest BCUT2D eigenvalue weighted by Gasteiger charge is 2.34. The van der Waals surface area contributed by atoms with Crippen LogP contribution in [0.5, 0.6) is 0 Å². The van der Waals surface area contributed by atoms with E-state index in [2.05, 4.69) is 24.0 Å². The molecule has 2 heterocycles. The van der Waals surface area contributed by atoms with E-state index < -0.39 is 18.3 Å². The number of unbranched alkanes of at least 4 members (excludes halogenated alkanes) is 3. The van der Waals surface area contributed by atoms with Crippen molar-refractivity contribution in [2.45, 2.75) is 51.6 Å². The predicted molar refractivity (Wildman–Crippen MR) is 111 cm³/mol. The van der Waals surface area contributed by atoms with Crippen LogP contribution in [0.3, 0.4) is 0 Å². The van der Waals surface area contributed by atoms with Crippen LogP contribution in [0.4, 0.5) is 13.2 Å². The zero-order chi connectivity index (χ0) is 20.6. The lowest BCUT2D eigenvalue weighted by Gasteiger charge is -2.09. The molecular formula is C21H24F3N3S. The van der Waals surface area contributed by atoms with Gasteiger partial charge in [0.05, 0.1) is 11.4 Å². The standard InChI is InChI=1S/C21H24F3N3S/c1-2-3-4-5-6-16-9-10-17(28-16)8-7-15-11-12-27-19(13-15)18(25)14-20(26)21(22,23)24/h7-13,25-26H,2-6,14H2,1H3/b8-7+,25-18?,26-20?. The van der Waals surface area contributed by atoms with Gasteiger partial charge in [-0.1, -0.05) is 32.3 Å². The van der Waals surface area contributed by atoms with Gasteiger partial charge in [0.25, 0.3) is 0 Å². The average molecular weight is 408 g/mol. The van der Waals surface area contributed by atoms with Crippen LogP contribution in [-0.2, 0) is 6.42 Å². The topological polar surface area (TPSA) is 60.6 Å². The van der Waals surface area contributed by atoms with Crippen LogP contribution in [0.15, 0.2) is 30.5 Å². The number of nitrogens with one attached hydrogen (secondary N) is 2. The summed E-state index contributed by atoms with van der Waals surface area (Å²) in [5.41, 5.74) is -0.849. The van der Waals surface area contributed by atoms with Crippen molar-refractivity contribution in [2.75, 3.05) is 0 Å². The molecule has 0 aliphatic rings. The van der Waals surface area contributed by atoms with Crippen molar-refractivity contribution >= 4 is 34.9 Å². The Hall–Kier alpha value is -2.28. The molecule has 28 heavy (non-hydrogen) atoms. The molecule has 0 saturated carbocycles. The zero-order valence-corrected chi connectivity index (χ0v) is 16.6. The van der Waals surface area contributed by atoms with Crippen molar-refractivity contribution in [1.29, 1.82) is 10.8 Å². The van der Waals surface area contributed by atoms with E-state index in [0.29, 0.717) is 0 Å². The van der Waals surface area contributed by atoms with Gasteiger partial charge in [0.15, 0.2) is 0 Å². The molecule has 7 heteroatoms. The fraction of sp³-hybridized carbons (Fsp3) is 0.381. The molecule has 2 rings (SSSR count). The third-order valence-corrected chi connectivity index (χ3v) is 5.30. The van der Waals surface area contributed by atoms with Crippen molar-refractivity contribution in [3.05, 3.63) is 51.5 Å². The molecule has 0 radical (unpaired) electrons. The molecule has 2 aromatic rings. The summed E-state index contributed by atoms with van der Waals surface area (Å²) in [6.07, 6.45) is 5.81. The van der Waals surface area contributed by atoms with Gasteiger partial charge in [-0.2, -0.15) is 13.2 Å². The van der Waals surface area contributed by atoms with E-state index >= 15 is 0 Å². The molecule has 3 nitrogen and oxygen atoms in total. The molecule has 0 atom stereocenters. The van der Waals surface area contributed by atoms with Crippen LogP contribution in [0, 0.1) is 10.8 Å². The average Bonchev–Trinajstić information content (AvgIpc) is 3.11. The van der Waals surface area contributed by atoms with E-state index in [4.69, 9.17) is 10.8 Å². The predicted octanol–water partition coefficient (Wildman–Crippen LogP) is 6.78. The quantitative estimate of drug-likeness (QED) is 0.331. The van der Waals surface area contributed by atoms with Crippen LogP contribution in [-0.4, -0.2) is 22.6 Å². The lowest BCUT2D eigenvalue weighted by molar-refractivity contribution is -0.0605. The monoisotopic (exact) mass is 407 g/mol. The molecule has 150 valence electrons. The molecular weight excluding hydrogens is 383 g/mol. The number of pyridine rings is 1. The zero-order valence-electron chi connectivity index (χ0n) is 15.8. The molecule has 0 aliphatic carbocycles. The van der Waals surface area contributed by atoms with Gasteiger partial charge in [0, 0.05) is 22.4 Å². The van der Waals surface area contributed by atoms with E-state index in [1.54, 1.807) is 23.5 Å². The lowest BCUT2D eigenvalue weighted by Crippen LogP contribution is -2.25. The van der Waals surface area contributed by atoms with Crippen LogP contribution < -0.4 is 0 Å². The summed E-state index contributed by atoms with van der Waals surface area (Å²) in [5.74, 6) is 0. The Morgan fingerprint density at radius 3 is 2.61 bits per heavy atom. The number of thiophene rings is 1. The highest BCUT2D eigenvalue weighted by molar-refractivity contribution is 7.12. The first-order valence-electron chi connectivity index (χ1n) is 9.25. The smallest absolute Gasteiger partial charge is 0.303 e. The van der Waals surface area contributed by atoms with E-state index in [-0.39, 0.29) is 11.4 Å². The summed E-state index contributed by atoms with van der Waals surface area (Å²) in [6.45, 7) is 2.19. The van der Waals surface area contributed by atoms with Gasteiger partial charge in [-0.05, 0) is 48.7 Å². The maximum atomic E-state index is 12.5. The van der Waals surface area contributed by atoms with E-state index in [0.717, 1.165) is 16.9 Å². The summed E-state index contributed by atoms with van der Waals surface area (Å²) < 4.78 is 37.4. The second-order valence-corrected chi connectivity index (χ2v) is 7.75. The van der Waals surface area contributed by atoms with Crippen molar-refractivity contribution in [3.63, 3.8) is 0 Å². The number of aryl methyl sites for hydroxylation is 1. The summed E-state index contributed by atoms with van der Waals surface area (Å²) in [4.78, 5) is 6.42. The van der Waals surface area contributed by atoms with Gasteiger partial charge in [-0.25, -0.2) is 0 Å². The van der Waals surface area contributed by atoms with Gasteiger partial charge in [-0.3, -0.25) is 4.98 Å². The Morgan fingerprint density at radius 1 is 1.11 bits per heavy atom. The van der Waals surface area contributed by atoms with Gasteiger partial charge in [0.1, 0.15) is 5.71 Å². The van der Waals surface area contributed by atoms with Crippen molar-refractivity contribution < 1.29 is 13.2 Å². The van der Waals surface area contributed by atoms with Crippen LogP contribution in [0.2, 0.25) is 0 Å².